The number of methoxy groups -OCH3 is 1. The predicted octanol–water partition coefficient (Wildman–Crippen LogP) is 2.36. The number of carbonyl (C=O) groups excluding carboxylic acids is 2. The van der Waals surface area contributed by atoms with Crippen LogP contribution in [0.5, 0.6) is 0 Å². The number of carbonyl (C=O) groups is 2. The van der Waals surface area contributed by atoms with E-state index in [0.717, 1.165) is 0 Å². The topological polar surface area (TPSA) is 80.3 Å². The maximum Gasteiger partial charge on any atom is 0.274 e. The minimum absolute atomic E-state index is 0.129. The number of hydrogen-bond donors (Lipinski definition) is 2. The Morgan fingerprint density at radius 3 is 2.74 bits per heavy atom. The van der Waals surface area contributed by atoms with Crippen LogP contribution in [-0.2, 0) is 4.74 Å². The SMILES string of the molecule is COCCNC(=O)c1ccnc(C(=O)Nc2ccccc2Cl)c1. The minimum atomic E-state index is -0.440. The molecular formula is C16H16ClN3O3. The van der Waals surface area contributed by atoms with Crippen LogP contribution in [0.25, 0.3) is 0 Å². The van der Waals surface area contributed by atoms with Gasteiger partial charge in [-0.1, -0.05) is 23.7 Å². The summed E-state index contributed by atoms with van der Waals surface area (Å²) in [5.41, 5.74) is 0.959. The number of benzene rings is 1. The molecule has 0 saturated carbocycles. The van der Waals surface area contributed by atoms with Crippen LogP contribution < -0.4 is 10.6 Å². The Labute approximate surface area is 138 Å². The van der Waals surface area contributed by atoms with Crippen molar-refractivity contribution in [3.63, 3.8) is 0 Å². The van der Waals surface area contributed by atoms with E-state index in [9.17, 15) is 9.59 Å². The van der Waals surface area contributed by atoms with Crippen molar-refractivity contribution < 1.29 is 14.3 Å². The number of para-hydroxylation sites is 1. The molecule has 0 spiro atoms. The first-order valence-electron chi connectivity index (χ1n) is 6.91. The van der Waals surface area contributed by atoms with Crippen molar-refractivity contribution in [2.75, 3.05) is 25.6 Å². The Morgan fingerprint density at radius 2 is 2.00 bits per heavy atom. The van der Waals surface area contributed by atoms with Crippen LogP contribution in [0.2, 0.25) is 5.02 Å². The van der Waals surface area contributed by atoms with Gasteiger partial charge in [0.1, 0.15) is 5.69 Å². The lowest BCUT2D eigenvalue weighted by atomic mass is 10.2. The molecule has 0 aliphatic carbocycles. The van der Waals surface area contributed by atoms with Crippen LogP contribution in [-0.4, -0.2) is 37.1 Å². The Morgan fingerprint density at radius 1 is 1.22 bits per heavy atom. The normalized spacial score (nSPS) is 10.2. The Balaban J connectivity index is 2.08. The summed E-state index contributed by atoms with van der Waals surface area (Å²) in [5.74, 6) is -0.735. The Hall–Kier alpha value is -2.44. The van der Waals surface area contributed by atoms with Crippen LogP contribution >= 0.6 is 11.6 Å². The molecule has 23 heavy (non-hydrogen) atoms. The van der Waals surface area contributed by atoms with Crippen LogP contribution in [0, 0.1) is 0 Å². The van der Waals surface area contributed by atoms with E-state index in [0.29, 0.717) is 29.4 Å². The van der Waals surface area contributed by atoms with Gasteiger partial charge in [-0.2, -0.15) is 0 Å². The summed E-state index contributed by atoms with van der Waals surface area (Å²) in [6.45, 7) is 0.801. The maximum absolute atomic E-state index is 12.2. The quantitative estimate of drug-likeness (QED) is 0.795. The molecule has 1 aromatic heterocycles. The van der Waals surface area contributed by atoms with Crippen molar-refractivity contribution in [3.8, 4) is 0 Å². The number of halogens is 1. The second kappa shape index (κ2) is 8.26. The van der Waals surface area contributed by atoms with E-state index >= 15 is 0 Å². The number of hydrogen-bond acceptors (Lipinski definition) is 4. The zero-order chi connectivity index (χ0) is 16.7. The molecule has 0 saturated heterocycles. The van der Waals surface area contributed by atoms with E-state index in [1.807, 2.05) is 0 Å². The molecule has 2 rings (SSSR count). The Bertz CT molecular complexity index is 706. The van der Waals surface area contributed by atoms with E-state index in [4.69, 9.17) is 16.3 Å². The second-order valence-corrected chi connectivity index (χ2v) is 5.02. The van der Waals surface area contributed by atoms with Crippen molar-refractivity contribution in [2.24, 2.45) is 0 Å². The largest absolute Gasteiger partial charge is 0.383 e. The highest BCUT2D eigenvalue weighted by Gasteiger charge is 2.13. The van der Waals surface area contributed by atoms with Crippen molar-refractivity contribution in [1.29, 1.82) is 0 Å². The van der Waals surface area contributed by atoms with Gasteiger partial charge in [-0.3, -0.25) is 14.6 Å². The molecule has 6 nitrogen and oxygen atoms in total. The number of ether oxygens (including phenoxy) is 1. The molecule has 2 N–H and O–H groups in total. The molecule has 0 aliphatic heterocycles. The Kier molecular flexibility index (Phi) is 6.08. The molecule has 0 unspecified atom stereocenters. The number of amides is 2. The van der Waals surface area contributed by atoms with Gasteiger partial charge < -0.3 is 15.4 Å². The zero-order valence-corrected chi connectivity index (χ0v) is 13.3. The molecule has 0 fully saturated rings. The number of anilines is 1. The smallest absolute Gasteiger partial charge is 0.274 e. The van der Waals surface area contributed by atoms with Gasteiger partial charge in [0.25, 0.3) is 11.8 Å². The first-order chi connectivity index (χ1) is 11.1. The lowest BCUT2D eigenvalue weighted by Gasteiger charge is -2.08. The standard InChI is InChI=1S/C16H16ClN3O3/c1-23-9-8-19-15(21)11-6-7-18-14(10-11)16(22)20-13-5-3-2-4-12(13)17/h2-7,10H,8-9H2,1H3,(H,19,21)(H,20,22). The molecule has 1 heterocycles. The second-order valence-electron chi connectivity index (χ2n) is 4.61. The number of rotatable bonds is 6. The van der Waals surface area contributed by atoms with Gasteiger partial charge in [-0.15, -0.1) is 0 Å². The summed E-state index contributed by atoms with van der Waals surface area (Å²) < 4.78 is 4.86. The maximum atomic E-state index is 12.2. The van der Waals surface area contributed by atoms with Gasteiger partial charge in [-0.05, 0) is 24.3 Å². The zero-order valence-electron chi connectivity index (χ0n) is 12.5. The minimum Gasteiger partial charge on any atom is -0.383 e. The molecule has 2 aromatic rings. The lowest BCUT2D eigenvalue weighted by Crippen LogP contribution is -2.27. The van der Waals surface area contributed by atoms with Crippen LogP contribution in [0.4, 0.5) is 5.69 Å². The molecule has 7 heteroatoms. The van der Waals surface area contributed by atoms with E-state index in [2.05, 4.69) is 15.6 Å². The number of pyridine rings is 1. The fraction of sp³-hybridized carbons (Fsp3) is 0.188. The molecule has 0 bridgehead atoms. The van der Waals surface area contributed by atoms with E-state index in [-0.39, 0.29) is 11.6 Å². The third kappa shape index (κ3) is 4.77. The van der Waals surface area contributed by atoms with Crippen molar-refractivity contribution in [1.82, 2.24) is 10.3 Å². The third-order valence-corrected chi connectivity index (χ3v) is 3.30. The molecule has 2 amide bonds. The average molecular weight is 334 g/mol. The van der Waals surface area contributed by atoms with Crippen molar-refractivity contribution >= 4 is 29.1 Å². The molecular weight excluding hydrogens is 318 g/mol. The van der Waals surface area contributed by atoms with Crippen molar-refractivity contribution in [3.05, 3.63) is 58.9 Å². The third-order valence-electron chi connectivity index (χ3n) is 2.97. The summed E-state index contributed by atoms with van der Waals surface area (Å²) in [4.78, 5) is 28.2. The van der Waals surface area contributed by atoms with E-state index in [1.165, 1.54) is 18.3 Å². The first-order valence-corrected chi connectivity index (χ1v) is 7.28. The van der Waals surface area contributed by atoms with Gasteiger partial charge in [0, 0.05) is 25.4 Å². The number of nitrogens with zero attached hydrogens (tertiary/aromatic N) is 1. The molecule has 0 aliphatic rings. The molecule has 120 valence electrons. The highest BCUT2D eigenvalue weighted by Crippen LogP contribution is 2.21. The molecule has 0 radical (unpaired) electrons. The van der Waals surface area contributed by atoms with Crippen LogP contribution in [0.1, 0.15) is 20.8 Å². The van der Waals surface area contributed by atoms with Gasteiger partial charge in [0.05, 0.1) is 17.3 Å². The van der Waals surface area contributed by atoms with Gasteiger partial charge >= 0.3 is 0 Å². The van der Waals surface area contributed by atoms with Crippen LogP contribution in [0.3, 0.4) is 0 Å². The predicted molar refractivity (Wildman–Crippen MR) is 87.9 cm³/mol. The summed E-state index contributed by atoms with van der Waals surface area (Å²) in [6, 6.07) is 9.84. The fourth-order valence-corrected chi connectivity index (χ4v) is 2.00. The summed E-state index contributed by atoms with van der Waals surface area (Å²) in [6.07, 6.45) is 1.41. The van der Waals surface area contributed by atoms with E-state index in [1.54, 1.807) is 31.4 Å². The van der Waals surface area contributed by atoms with Crippen molar-refractivity contribution in [2.45, 2.75) is 0 Å². The summed E-state index contributed by atoms with van der Waals surface area (Å²) in [7, 11) is 1.55. The van der Waals surface area contributed by atoms with Crippen LogP contribution in [0.15, 0.2) is 42.6 Å². The van der Waals surface area contributed by atoms with Gasteiger partial charge in [-0.25, -0.2) is 0 Å². The monoisotopic (exact) mass is 333 g/mol. The highest BCUT2D eigenvalue weighted by atomic mass is 35.5. The average Bonchev–Trinajstić information content (AvgIpc) is 2.57. The fourth-order valence-electron chi connectivity index (χ4n) is 1.81. The summed E-state index contributed by atoms with van der Waals surface area (Å²) >= 11 is 6.00. The number of aromatic nitrogens is 1. The number of nitrogens with one attached hydrogen (secondary N) is 2. The van der Waals surface area contributed by atoms with Gasteiger partial charge in [0.15, 0.2) is 0 Å². The van der Waals surface area contributed by atoms with Gasteiger partial charge in [0.2, 0.25) is 0 Å². The first kappa shape index (κ1) is 16.9. The molecule has 0 atom stereocenters. The molecule has 1 aromatic carbocycles. The highest BCUT2D eigenvalue weighted by molar-refractivity contribution is 6.33. The summed E-state index contributed by atoms with van der Waals surface area (Å²) in [5, 5.41) is 5.77. The van der Waals surface area contributed by atoms with E-state index < -0.39 is 5.91 Å². The lowest BCUT2D eigenvalue weighted by molar-refractivity contribution is 0.0937.